The third-order valence-electron chi connectivity index (χ3n) is 7.20. The lowest BCUT2D eigenvalue weighted by Gasteiger charge is -2.22. The second kappa shape index (κ2) is 12.3. The maximum atomic E-state index is 14.6. The van der Waals surface area contributed by atoms with Crippen molar-refractivity contribution in [1.82, 2.24) is 0 Å². The summed E-state index contributed by atoms with van der Waals surface area (Å²) in [5.74, 6) is 0.550. The van der Waals surface area contributed by atoms with E-state index in [1.54, 1.807) is 72.8 Å². The van der Waals surface area contributed by atoms with Gasteiger partial charge in [0.2, 0.25) is 0 Å². The predicted octanol–water partition coefficient (Wildman–Crippen LogP) is 7.13. The average molecular weight is 617 g/mol. The minimum absolute atomic E-state index is 0.275. The Morgan fingerprint density at radius 1 is 0.386 bits per heavy atom. The first kappa shape index (κ1) is 29.1. The van der Waals surface area contributed by atoms with Crippen LogP contribution in [0.25, 0.3) is 11.1 Å². The Kier molecular flexibility index (Phi) is 8.13. The number of hydrogen-bond acceptors (Lipinski definition) is 6. The summed E-state index contributed by atoms with van der Waals surface area (Å²) in [6.45, 7) is 0. The van der Waals surface area contributed by atoms with Crippen molar-refractivity contribution in [2.75, 3.05) is 11.5 Å². The van der Waals surface area contributed by atoms with Crippen LogP contribution in [0.15, 0.2) is 158 Å². The van der Waals surface area contributed by atoms with E-state index in [0.29, 0.717) is 32.6 Å². The molecule has 0 aliphatic rings. The molecule has 218 valence electrons. The van der Waals surface area contributed by atoms with Crippen LogP contribution in [0.5, 0.6) is 11.5 Å². The number of nitrogens with two attached hydrogens (primary N) is 2. The highest BCUT2D eigenvalue weighted by Crippen LogP contribution is 2.49. The Morgan fingerprint density at radius 3 is 0.932 bits per heavy atom. The summed E-state index contributed by atoms with van der Waals surface area (Å²) < 4.78 is 41.8. The Balaban J connectivity index is 1.39. The molecule has 0 unspecified atom stereocenters. The van der Waals surface area contributed by atoms with E-state index >= 15 is 0 Å². The molecule has 0 spiro atoms. The van der Waals surface area contributed by atoms with Gasteiger partial charge in [-0.05, 0) is 83.9 Å². The van der Waals surface area contributed by atoms with Gasteiger partial charge in [0, 0.05) is 0 Å². The molecule has 0 aliphatic carbocycles. The zero-order chi connectivity index (χ0) is 30.6. The van der Waals surface area contributed by atoms with Gasteiger partial charge in [0.1, 0.15) is 0 Å². The lowest BCUT2D eigenvalue weighted by atomic mass is 10.0. The fraction of sp³-hybridized carbons (Fsp3) is 0. The maximum Gasteiger partial charge on any atom is 0.306 e. The van der Waals surface area contributed by atoms with Crippen molar-refractivity contribution in [1.29, 1.82) is 0 Å². The first-order valence-corrected chi connectivity index (χ1v) is 17.2. The van der Waals surface area contributed by atoms with E-state index in [1.807, 2.05) is 84.9 Å². The third-order valence-corrected chi connectivity index (χ3v) is 12.0. The van der Waals surface area contributed by atoms with Crippen LogP contribution in [0, 0.1) is 0 Å². The van der Waals surface area contributed by atoms with E-state index in [-0.39, 0.29) is 11.5 Å². The first-order chi connectivity index (χ1) is 21.4. The number of nitrogen functional groups attached to an aromatic ring is 2. The van der Waals surface area contributed by atoms with Gasteiger partial charge in [-0.2, -0.15) is 0 Å². The molecule has 6 aromatic rings. The third kappa shape index (κ3) is 5.78. The van der Waals surface area contributed by atoms with E-state index in [9.17, 15) is 9.13 Å². The van der Waals surface area contributed by atoms with E-state index in [0.717, 1.165) is 11.1 Å². The summed E-state index contributed by atoms with van der Waals surface area (Å²) in [4.78, 5) is 0. The van der Waals surface area contributed by atoms with Crippen LogP contribution in [0.4, 0.5) is 11.4 Å². The van der Waals surface area contributed by atoms with E-state index in [1.165, 1.54) is 0 Å². The van der Waals surface area contributed by atoms with Crippen molar-refractivity contribution in [3.8, 4) is 22.6 Å². The summed E-state index contributed by atoms with van der Waals surface area (Å²) in [6, 6.07) is 46.9. The van der Waals surface area contributed by atoms with E-state index < -0.39 is 14.7 Å². The summed E-state index contributed by atoms with van der Waals surface area (Å²) in [6.07, 6.45) is 0. The fourth-order valence-electron chi connectivity index (χ4n) is 4.87. The molecule has 0 amide bonds. The van der Waals surface area contributed by atoms with Gasteiger partial charge in [-0.3, -0.25) is 9.13 Å². The van der Waals surface area contributed by atoms with Crippen LogP contribution < -0.4 is 41.7 Å². The second-order valence-electron chi connectivity index (χ2n) is 10.1. The topological polar surface area (TPSA) is 105 Å². The Bertz CT molecular complexity index is 1750. The van der Waals surface area contributed by atoms with Crippen LogP contribution in [0.3, 0.4) is 0 Å². The highest BCUT2D eigenvalue weighted by molar-refractivity contribution is 7.75. The van der Waals surface area contributed by atoms with Gasteiger partial charge in [0.25, 0.3) is 0 Å². The molecule has 6 rings (SSSR count). The summed E-state index contributed by atoms with van der Waals surface area (Å²) in [5.41, 5.74) is 14.9. The van der Waals surface area contributed by atoms with Crippen molar-refractivity contribution >= 4 is 47.3 Å². The first-order valence-electron chi connectivity index (χ1n) is 14.0. The molecule has 0 radical (unpaired) electrons. The standard InChI is InChI=1S/C36H30N2O4P2/c37-33-23-21-27(25-35(33)41-43(39,29-13-5-1-6-14-29)30-15-7-2-8-16-30)28-22-24-34(38)36(26-28)42-44(40,31-17-9-3-10-18-31)32-19-11-4-12-20-32/h1-26H,37-38H2. The highest BCUT2D eigenvalue weighted by atomic mass is 31.2. The predicted molar refractivity (Wildman–Crippen MR) is 181 cm³/mol. The quantitative estimate of drug-likeness (QED) is 0.132. The number of rotatable bonds is 9. The minimum atomic E-state index is -3.56. The Hall–Kier alpha value is -5.02. The molecule has 0 atom stereocenters. The second-order valence-corrected chi connectivity index (χ2v) is 14.8. The van der Waals surface area contributed by atoms with Gasteiger partial charge in [-0.1, -0.05) is 84.9 Å². The summed E-state index contributed by atoms with van der Waals surface area (Å²) in [5, 5.41) is 2.21. The summed E-state index contributed by atoms with van der Waals surface area (Å²) >= 11 is 0. The van der Waals surface area contributed by atoms with E-state index in [2.05, 4.69) is 0 Å². The lowest BCUT2D eigenvalue weighted by Crippen LogP contribution is -2.20. The SMILES string of the molecule is Nc1ccc(-c2ccc(N)c(OP(=O)(c3ccccc3)c3ccccc3)c2)cc1OP(=O)(c1ccccc1)c1ccccc1. The molecule has 0 saturated carbocycles. The molecule has 0 bridgehead atoms. The molecule has 6 nitrogen and oxygen atoms in total. The fourth-order valence-corrected chi connectivity index (χ4v) is 9.02. The van der Waals surface area contributed by atoms with Crippen LogP contribution >= 0.6 is 14.7 Å². The largest absolute Gasteiger partial charge is 0.435 e. The van der Waals surface area contributed by atoms with Crippen molar-refractivity contribution in [2.24, 2.45) is 0 Å². The van der Waals surface area contributed by atoms with E-state index in [4.69, 9.17) is 20.5 Å². The molecule has 4 N–H and O–H groups in total. The number of benzene rings is 6. The molecule has 0 fully saturated rings. The smallest absolute Gasteiger partial charge is 0.306 e. The van der Waals surface area contributed by atoms with Crippen molar-refractivity contribution < 1.29 is 18.2 Å². The van der Waals surface area contributed by atoms with Gasteiger partial charge in [-0.15, -0.1) is 0 Å². The van der Waals surface area contributed by atoms with Gasteiger partial charge >= 0.3 is 14.7 Å². The Morgan fingerprint density at radius 2 is 0.659 bits per heavy atom. The molecular formula is C36H30N2O4P2. The molecular weight excluding hydrogens is 586 g/mol. The van der Waals surface area contributed by atoms with Crippen molar-refractivity contribution in [2.45, 2.75) is 0 Å². The van der Waals surface area contributed by atoms with Gasteiger partial charge in [-0.25, -0.2) is 0 Å². The number of anilines is 2. The van der Waals surface area contributed by atoms with Crippen LogP contribution in [-0.2, 0) is 9.13 Å². The monoisotopic (exact) mass is 616 g/mol. The zero-order valence-electron chi connectivity index (χ0n) is 23.7. The normalized spacial score (nSPS) is 11.5. The van der Waals surface area contributed by atoms with Gasteiger partial charge in [0.05, 0.1) is 32.6 Å². The Labute approximate surface area is 256 Å². The van der Waals surface area contributed by atoms with Crippen molar-refractivity contribution in [3.63, 3.8) is 0 Å². The molecule has 44 heavy (non-hydrogen) atoms. The molecule has 0 saturated heterocycles. The molecule has 0 aromatic heterocycles. The summed E-state index contributed by atoms with van der Waals surface area (Å²) in [7, 11) is -7.12. The maximum absolute atomic E-state index is 14.6. The molecule has 8 heteroatoms. The highest BCUT2D eigenvalue weighted by Gasteiger charge is 2.32. The van der Waals surface area contributed by atoms with Crippen LogP contribution in [0.1, 0.15) is 0 Å². The van der Waals surface area contributed by atoms with Crippen LogP contribution in [0.2, 0.25) is 0 Å². The molecule has 0 heterocycles. The average Bonchev–Trinajstić information content (AvgIpc) is 3.08. The molecule has 6 aromatic carbocycles. The van der Waals surface area contributed by atoms with Crippen LogP contribution in [-0.4, -0.2) is 0 Å². The lowest BCUT2D eigenvalue weighted by molar-refractivity contribution is 0.502. The molecule has 0 aliphatic heterocycles. The van der Waals surface area contributed by atoms with Gasteiger partial charge < -0.3 is 20.5 Å². The number of hydrogen-bond donors (Lipinski definition) is 2. The zero-order valence-corrected chi connectivity index (χ0v) is 25.5. The van der Waals surface area contributed by atoms with Gasteiger partial charge in [0.15, 0.2) is 11.5 Å². The van der Waals surface area contributed by atoms with Crippen molar-refractivity contribution in [3.05, 3.63) is 158 Å². The minimum Gasteiger partial charge on any atom is -0.435 e.